The Hall–Kier alpha value is -1.22. The Morgan fingerprint density at radius 1 is 1.05 bits per heavy atom. The molecule has 0 saturated carbocycles. The van der Waals surface area contributed by atoms with Crippen molar-refractivity contribution in [3.05, 3.63) is 63.1 Å². The van der Waals surface area contributed by atoms with Crippen molar-refractivity contribution >= 4 is 23.2 Å². The predicted molar refractivity (Wildman–Crippen MR) is 77.9 cm³/mol. The smallest absolute Gasteiger partial charge is 0.143 e. The normalized spacial score (nSPS) is 10.5. The van der Waals surface area contributed by atoms with Gasteiger partial charge in [-0.25, -0.2) is 0 Å². The van der Waals surface area contributed by atoms with Crippen molar-refractivity contribution in [2.24, 2.45) is 0 Å². The van der Waals surface area contributed by atoms with Crippen molar-refractivity contribution in [3.63, 3.8) is 0 Å². The van der Waals surface area contributed by atoms with Gasteiger partial charge in [0.15, 0.2) is 0 Å². The van der Waals surface area contributed by atoms with Crippen molar-refractivity contribution in [3.8, 4) is 5.75 Å². The maximum atomic E-state index is 9.27. The Bertz CT molecular complexity index is 582. The molecule has 0 aromatic heterocycles. The third-order valence-electron chi connectivity index (χ3n) is 2.80. The van der Waals surface area contributed by atoms with Crippen LogP contribution in [-0.4, -0.2) is 5.11 Å². The molecule has 0 unspecified atom stereocenters. The number of benzene rings is 2. The second-order valence-electron chi connectivity index (χ2n) is 4.27. The first kappa shape index (κ1) is 14.2. The van der Waals surface area contributed by atoms with Gasteiger partial charge in [0.1, 0.15) is 12.4 Å². The fourth-order valence-electron chi connectivity index (χ4n) is 1.76. The summed E-state index contributed by atoms with van der Waals surface area (Å²) in [6.45, 7) is 2.18. The summed E-state index contributed by atoms with van der Waals surface area (Å²) in [5.41, 5.74) is 2.65. The largest absolute Gasteiger partial charge is 0.487 e. The molecule has 2 nitrogen and oxygen atoms in total. The zero-order chi connectivity index (χ0) is 13.8. The highest BCUT2D eigenvalue weighted by molar-refractivity contribution is 6.32. The average molecular weight is 297 g/mol. The van der Waals surface area contributed by atoms with Crippen LogP contribution in [0.3, 0.4) is 0 Å². The van der Waals surface area contributed by atoms with E-state index in [1.165, 1.54) is 0 Å². The molecular formula is C15H14Cl2O2. The summed E-state index contributed by atoms with van der Waals surface area (Å²) in [4.78, 5) is 0. The second kappa shape index (κ2) is 6.29. The van der Waals surface area contributed by atoms with Crippen molar-refractivity contribution in [2.45, 2.75) is 20.1 Å². The number of halogens is 2. The number of ether oxygens (including phenoxy) is 1. The number of para-hydroxylation sites is 1. The Labute approximate surface area is 122 Å². The van der Waals surface area contributed by atoms with Crippen LogP contribution in [0.2, 0.25) is 10.0 Å². The van der Waals surface area contributed by atoms with Crippen LogP contribution in [0.5, 0.6) is 5.75 Å². The van der Waals surface area contributed by atoms with E-state index >= 15 is 0 Å². The fourth-order valence-corrected chi connectivity index (χ4v) is 2.30. The molecule has 0 saturated heterocycles. The molecule has 19 heavy (non-hydrogen) atoms. The number of aliphatic hydroxyl groups excluding tert-OH is 1. The zero-order valence-corrected chi connectivity index (χ0v) is 12.0. The molecular weight excluding hydrogens is 283 g/mol. The summed E-state index contributed by atoms with van der Waals surface area (Å²) in [6, 6.07) is 11.1. The van der Waals surface area contributed by atoms with Crippen LogP contribution < -0.4 is 4.74 Å². The Balaban J connectivity index is 2.19. The van der Waals surface area contributed by atoms with Gasteiger partial charge >= 0.3 is 0 Å². The summed E-state index contributed by atoms with van der Waals surface area (Å²) in [5.74, 6) is 0.503. The molecule has 2 rings (SSSR count). The number of hydrogen-bond donors (Lipinski definition) is 1. The first-order chi connectivity index (χ1) is 9.11. The topological polar surface area (TPSA) is 29.5 Å². The predicted octanol–water partition coefficient (Wildman–Crippen LogP) is 4.37. The van der Waals surface area contributed by atoms with Gasteiger partial charge in [0.2, 0.25) is 0 Å². The molecule has 0 amide bonds. The maximum absolute atomic E-state index is 9.27. The van der Waals surface area contributed by atoms with Crippen LogP contribution in [0.1, 0.15) is 16.7 Å². The minimum absolute atomic E-state index is 0.114. The van der Waals surface area contributed by atoms with Gasteiger partial charge in [-0.1, -0.05) is 47.5 Å². The number of hydrogen-bond acceptors (Lipinski definition) is 2. The summed E-state index contributed by atoms with van der Waals surface area (Å²) in [7, 11) is 0. The third kappa shape index (κ3) is 3.41. The van der Waals surface area contributed by atoms with E-state index in [4.69, 9.17) is 27.9 Å². The highest BCUT2D eigenvalue weighted by Gasteiger charge is 2.09. The van der Waals surface area contributed by atoms with Crippen LogP contribution in [0, 0.1) is 6.92 Å². The van der Waals surface area contributed by atoms with E-state index in [1.54, 1.807) is 18.2 Å². The van der Waals surface area contributed by atoms with Crippen molar-refractivity contribution < 1.29 is 9.84 Å². The number of aryl methyl sites for hydroxylation is 1. The Kier molecular flexibility index (Phi) is 4.70. The molecule has 0 atom stereocenters. The molecule has 1 N–H and O–H groups in total. The van der Waals surface area contributed by atoms with Gasteiger partial charge in [0.05, 0.1) is 11.6 Å². The second-order valence-corrected chi connectivity index (χ2v) is 5.08. The van der Waals surface area contributed by atoms with Gasteiger partial charge in [0.25, 0.3) is 0 Å². The molecule has 0 aliphatic heterocycles. The molecule has 2 aromatic rings. The summed E-state index contributed by atoms with van der Waals surface area (Å²) in [5, 5.41) is 10.4. The van der Waals surface area contributed by atoms with E-state index in [0.29, 0.717) is 28.0 Å². The van der Waals surface area contributed by atoms with E-state index < -0.39 is 0 Å². The first-order valence-corrected chi connectivity index (χ1v) is 6.63. The van der Waals surface area contributed by atoms with E-state index in [1.807, 2.05) is 25.1 Å². The molecule has 0 aliphatic rings. The van der Waals surface area contributed by atoms with Crippen molar-refractivity contribution in [1.29, 1.82) is 0 Å². The van der Waals surface area contributed by atoms with Gasteiger partial charge < -0.3 is 9.84 Å². The molecule has 0 spiro atoms. The van der Waals surface area contributed by atoms with E-state index in [2.05, 4.69) is 0 Å². The molecule has 0 heterocycles. The Morgan fingerprint density at radius 2 is 1.84 bits per heavy atom. The Morgan fingerprint density at radius 3 is 2.53 bits per heavy atom. The third-order valence-corrected chi connectivity index (χ3v) is 3.45. The van der Waals surface area contributed by atoms with Crippen LogP contribution in [0.25, 0.3) is 0 Å². The first-order valence-electron chi connectivity index (χ1n) is 5.88. The fraction of sp³-hybridized carbons (Fsp3) is 0.200. The average Bonchev–Trinajstić information content (AvgIpc) is 2.39. The molecule has 4 heteroatoms. The lowest BCUT2D eigenvalue weighted by Gasteiger charge is -2.12. The van der Waals surface area contributed by atoms with Crippen LogP contribution >= 0.6 is 23.2 Å². The van der Waals surface area contributed by atoms with E-state index in [-0.39, 0.29) is 6.61 Å². The van der Waals surface area contributed by atoms with Crippen LogP contribution in [-0.2, 0) is 13.2 Å². The van der Waals surface area contributed by atoms with Gasteiger partial charge in [0, 0.05) is 16.1 Å². The van der Waals surface area contributed by atoms with Crippen LogP contribution in [0.15, 0.2) is 36.4 Å². The highest BCUT2D eigenvalue weighted by Crippen LogP contribution is 2.30. The van der Waals surface area contributed by atoms with Gasteiger partial charge in [-0.05, 0) is 24.6 Å². The summed E-state index contributed by atoms with van der Waals surface area (Å²) in [6.07, 6.45) is 0. The number of aliphatic hydroxyl groups is 1. The zero-order valence-electron chi connectivity index (χ0n) is 10.5. The lowest BCUT2D eigenvalue weighted by molar-refractivity contribution is 0.259. The SMILES string of the molecule is Cc1ccc(COc2c(Cl)cccc2CO)c(Cl)c1. The lowest BCUT2D eigenvalue weighted by atomic mass is 10.1. The molecule has 0 radical (unpaired) electrons. The molecule has 100 valence electrons. The standard InChI is InChI=1S/C15H14Cl2O2/c1-10-5-6-12(14(17)7-10)9-19-15-11(8-18)3-2-4-13(15)16/h2-7,18H,8-9H2,1H3. The van der Waals surface area contributed by atoms with E-state index in [9.17, 15) is 5.11 Å². The van der Waals surface area contributed by atoms with E-state index in [0.717, 1.165) is 11.1 Å². The lowest BCUT2D eigenvalue weighted by Crippen LogP contribution is -2.00. The molecule has 0 aliphatic carbocycles. The molecule has 0 fully saturated rings. The number of rotatable bonds is 4. The van der Waals surface area contributed by atoms with Crippen LogP contribution in [0.4, 0.5) is 0 Å². The van der Waals surface area contributed by atoms with Gasteiger partial charge in [-0.2, -0.15) is 0 Å². The monoisotopic (exact) mass is 296 g/mol. The highest BCUT2D eigenvalue weighted by atomic mass is 35.5. The van der Waals surface area contributed by atoms with Gasteiger partial charge in [-0.15, -0.1) is 0 Å². The molecule has 0 bridgehead atoms. The van der Waals surface area contributed by atoms with Crippen molar-refractivity contribution in [1.82, 2.24) is 0 Å². The van der Waals surface area contributed by atoms with Gasteiger partial charge in [-0.3, -0.25) is 0 Å². The van der Waals surface area contributed by atoms with Crippen molar-refractivity contribution in [2.75, 3.05) is 0 Å². The quantitative estimate of drug-likeness (QED) is 0.908. The summed E-state index contributed by atoms with van der Waals surface area (Å²) < 4.78 is 5.69. The molecule has 2 aromatic carbocycles. The summed E-state index contributed by atoms with van der Waals surface area (Å²) >= 11 is 12.2. The minimum Gasteiger partial charge on any atom is -0.487 e. The minimum atomic E-state index is -0.114. The maximum Gasteiger partial charge on any atom is 0.143 e.